The molecule has 0 aromatic heterocycles. The molecular formula is C30H36N2O5S. The molecule has 3 aromatic rings. The predicted octanol–water partition coefficient (Wildman–Crippen LogP) is 5.00. The molecule has 1 aliphatic heterocycles. The number of hydrogen-bond donors (Lipinski definition) is 0. The van der Waals surface area contributed by atoms with E-state index >= 15 is 0 Å². The molecule has 2 unspecified atom stereocenters. The second kappa shape index (κ2) is 12.1. The van der Waals surface area contributed by atoms with Crippen LogP contribution < -0.4 is 4.74 Å². The van der Waals surface area contributed by atoms with Crippen LogP contribution in [0.15, 0.2) is 83.8 Å². The lowest BCUT2D eigenvalue weighted by Crippen LogP contribution is -2.50. The number of benzene rings is 3. The predicted molar refractivity (Wildman–Crippen MR) is 148 cm³/mol. The van der Waals surface area contributed by atoms with Crippen molar-refractivity contribution in [2.75, 3.05) is 34.4 Å². The van der Waals surface area contributed by atoms with Gasteiger partial charge in [0, 0.05) is 13.1 Å². The van der Waals surface area contributed by atoms with E-state index in [0.29, 0.717) is 12.8 Å². The van der Waals surface area contributed by atoms with E-state index in [1.54, 1.807) is 31.4 Å². The quantitative estimate of drug-likeness (QED) is 0.359. The average Bonchev–Trinajstić information content (AvgIpc) is 2.97. The van der Waals surface area contributed by atoms with Crippen molar-refractivity contribution >= 4 is 16.0 Å². The van der Waals surface area contributed by atoms with E-state index in [1.165, 1.54) is 24.0 Å². The van der Waals surface area contributed by atoms with E-state index in [4.69, 9.17) is 9.47 Å². The molecule has 7 nitrogen and oxygen atoms in total. The Morgan fingerprint density at radius 1 is 0.895 bits per heavy atom. The molecule has 0 spiro atoms. The Balaban J connectivity index is 1.49. The van der Waals surface area contributed by atoms with Crippen molar-refractivity contribution in [3.63, 3.8) is 0 Å². The zero-order chi connectivity index (χ0) is 27.3. The SMILES string of the molecule is COC(=O)C(C1CCN(C(C)c2ccccc2)CC1)N(C)S(=O)(=O)c1ccc(-c2ccc(OC)cc2)cc1. The fourth-order valence-corrected chi connectivity index (χ4v) is 6.61. The van der Waals surface area contributed by atoms with Gasteiger partial charge in [-0.2, -0.15) is 4.31 Å². The highest BCUT2D eigenvalue weighted by Crippen LogP contribution is 2.32. The number of sulfonamides is 1. The molecule has 0 saturated carbocycles. The van der Waals surface area contributed by atoms with E-state index in [-0.39, 0.29) is 16.9 Å². The fraction of sp³-hybridized carbons (Fsp3) is 0.367. The molecule has 38 heavy (non-hydrogen) atoms. The number of carbonyl (C=O) groups excluding carboxylic acids is 1. The van der Waals surface area contributed by atoms with Gasteiger partial charge in [0.1, 0.15) is 11.8 Å². The van der Waals surface area contributed by atoms with E-state index in [2.05, 4.69) is 24.0 Å². The number of hydrogen-bond acceptors (Lipinski definition) is 6. The molecule has 0 radical (unpaired) electrons. The van der Waals surface area contributed by atoms with Crippen molar-refractivity contribution in [2.45, 2.75) is 36.7 Å². The Hall–Kier alpha value is -3.20. The first-order valence-corrected chi connectivity index (χ1v) is 14.3. The molecule has 1 heterocycles. The van der Waals surface area contributed by atoms with Crippen molar-refractivity contribution < 1.29 is 22.7 Å². The van der Waals surface area contributed by atoms with Gasteiger partial charge in [0.15, 0.2) is 0 Å². The van der Waals surface area contributed by atoms with Gasteiger partial charge >= 0.3 is 5.97 Å². The van der Waals surface area contributed by atoms with Crippen LogP contribution in [-0.4, -0.2) is 64.0 Å². The van der Waals surface area contributed by atoms with E-state index in [0.717, 1.165) is 30.0 Å². The Morgan fingerprint density at radius 3 is 1.97 bits per heavy atom. The summed E-state index contributed by atoms with van der Waals surface area (Å²) in [4.78, 5) is 15.4. The first-order valence-electron chi connectivity index (χ1n) is 12.9. The van der Waals surface area contributed by atoms with Crippen molar-refractivity contribution in [1.82, 2.24) is 9.21 Å². The first kappa shape index (κ1) is 27.8. The topological polar surface area (TPSA) is 76.2 Å². The van der Waals surface area contributed by atoms with Gasteiger partial charge < -0.3 is 9.47 Å². The summed E-state index contributed by atoms with van der Waals surface area (Å²) < 4.78 is 38.7. The van der Waals surface area contributed by atoms with Crippen LogP contribution in [0.2, 0.25) is 0 Å². The standard InChI is InChI=1S/C30H36N2O5S/c1-22(23-8-6-5-7-9-23)32-20-18-26(19-21-32)29(30(33)37-4)31(2)38(34,35)28-16-12-25(13-17-28)24-10-14-27(36-3)15-11-24/h5-17,22,26,29H,18-21H2,1-4H3. The number of ether oxygens (including phenoxy) is 2. The highest BCUT2D eigenvalue weighted by Gasteiger charge is 2.41. The van der Waals surface area contributed by atoms with Gasteiger partial charge in [-0.1, -0.05) is 54.6 Å². The van der Waals surface area contributed by atoms with Crippen LogP contribution in [0.25, 0.3) is 11.1 Å². The summed E-state index contributed by atoms with van der Waals surface area (Å²) in [5.41, 5.74) is 3.08. The molecule has 0 aliphatic carbocycles. The van der Waals surface area contributed by atoms with Gasteiger partial charge in [-0.05, 0) is 79.7 Å². The summed E-state index contributed by atoms with van der Waals surface area (Å²) in [6, 6.07) is 24.0. The van der Waals surface area contributed by atoms with Gasteiger partial charge in [0.2, 0.25) is 10.0 Å². The molecule has 1 fully saturated rings. The molecule has 4 rings (SSSR count). The van der Waals surface area contributed by atoms with Crippen LogP contribution in [-0.2, 0) is 19.6 Å². The highest BCUT2D eigenvalue weighted by atomic mass is 32.2. The average molecular weight is 537 g/mol. The van der Waals surface area contributed by atoms with Crippen LogP contribution in [0.3, 0.4) is 0 Å². The van der Waals surface area contributed by atoms with Gasteiger partial charge in [-0.15, -0.1) is 0 Å². The van der Waals surface area contributed by atoms with Gasteiger partial charge in [-0.25, -0.2) is 8.42 Å². The summed E-state index contributed by atoms with van der Waals surface area (Å²) in [5, 5.41) is 0. The maximum Gasteiger partial charge on any atom is 0.324 e. The Morgan fingerprint density at radius 2 is 1.45 bits per heavy atom. The molecular weight excluding hydrogens is 500 g/mol. The summed E-state index contributed by atoms with van der Waals surface area (Å²) in [6.07, 6.45) is 1.40. The lowest BCUT2D eigenvalue weighted by Gasteiger charge is -2.40. The van der Waals surface area contributed by atoms with Crippen LogP contribution in [0.5, 0.6) is 5.75 Å². The lowest BCUT2D eigenvalue weighted by molar-refractivity contribution is -0.147. The molecule has 0 bridgehead atoms. The van der Waals surface area contributed by atoms with Crippen molar-refractivity contribution in [3.8, 4) is 16.9 Å². The zero-order valence-electron chi connectivity index (χ0n) is 22.4. The van der Waals surface area contributed by atoms with Crippen LogP contribution in [0.4, 0.5) is 0 Å². The third kappa shape index (κ3) is 5.93. The Bertz CT molecular complexity index is 1300. The Kier molecular flexibility index (Phi) is 8.87. The normalized spacial score (nSPS) is 16.7. The number of methoxy groups -OCH3 is 2. The monoisotopic (exact) mass is 536 g/mol. The molecule has 202 valence electrons. The van der Waals surface area contributed by atoms with Crippen molar-refractivity contribution in [1.29, 1.82) is 0 Å². The van der Waals surface area contributed by atoms with E-state index in [1.807, 2.05) is 42.5 Å². The summed E-state index contributed by atoms with van der Waals surface area (Å²) in [5.74, 6) is 0.0873. The maximum absolute atomic E-state index is 13.6. The minimum absolute atomic E-state index is 0.139. The summed E-state index contributed by atoms with van der Waals surface area (Å²) in [7, 11) is 0.477. The number of nitrogens with zero attached hydrogens (tertiary/aromatic N) is 2. The van der Waals surface area contributed by atoms with Gasteiger partial charge in [-0.3, -0.25) is 9.69 Å². The molecule has 1 saturated heterocycles. The number of esters is 1. The van der Waals surface area contributed by atoms with Crippen LogP contribution in [0, 0.1) is 5.92 Å². The number of likely N-dealkylation sites (tertiary alicyclic amines) is 1. The highest BCUT2D eigenvalue weighted by molar-refractivity contribution is 7.89. The smallest absolute Gasteiger partial charge is 0.324 e. The molecule has 3 aromatic carbocycles. The van der Waals surface area contributed by atoms with Crippen LogP contribution >= 0.6 is 0 Å². The maximum atomic E-state index is 13.6. The third-order valence-corrected chi connectivity index (χ3v) is 9.49. The van der Waals surface area contributed by atoms with Crippen molar-refractivity contribution in [2.24, 2.45) is 5.92 Å². The van der Waals surface area contributed by atoms with Gasteiger partial charge in [0.25, 0.3) is 0 Å². The largest absolute Gasteiger partial charge is 0.497 e. The van der Waals surface area contributed by atoms with E-state index in [9.17, 15) is 13.2 Å². The molecule has 0 amide bonds. The van der Waals surface area contributed by atoms with Crippen LogP contribution in [0.1, 0.15) is 31.4 Å². The third-order valence-electron chi connectivity index (χ3n) is 7.64. The number of likely N-dealkylation sites (N-methyl/N-ethyl adjacent to an activating group) is 1. The fourth-order valence-electron chi connectivity index (χ4n) is 5.24. The number of rotatable bonds is 9. The molecule has 0 N–H and O–H groups in total. The number of piperidine rings is 1. The molecule has 2 atom stereocenters. The van der Waals surface area contributed by atoms with Gasteiger partial charge in [0.05, 0.1) is 19.1 Å². The summed E-state index contributed by atoms with van der Waals surface area (Å²) >= 11 is 0. The minimum Gasteiger partial charge on any atom is -0.497 e. The second-order valence-corrected chi connectivity index (χ2v) is 11.7. The summed E-state index contributed by atoms with van der Waals surface area (Å²) in [6.45, 7) is 3.73. The van der Waals surface area contributed by atoms with E-state index < -0.39 is 22.0 Å². The number of carbonyl (C=O) groups is 1. The molecule has 8 heteroatoms. The molecule has 1 aliphatic rings. The first-order chi connectivity index (χ1) is 18.3. The van der Waals surface area contributed by atoms with Crippen molar-refractivity contribution in [3.05, 3.63) is 84.4 Å². The lowest BCUT2D eigenvalue weighted by atomic mass is 9.88. The Labute approximate surface area is 226 Å². The zero-order valence-corrected chi connectivity index (χ0v) is 23.2. The second-order valence-electron chi connectivity index (χ2n) is 9.70. The minimum atomic E-state index is -3.93.